The lowest BCUT2D eigenvalue weighted by atomic mass is 10.1. The molecular formula is C22H26BrN9O2. The summed E-state index contributed by atoms with van der Waals surface area (Å²) < 4.78 is 6.93. The SMILES string of the molecule is CCC(Br)C(=O)Nc1nn(C)c2cc(N3CCC[C@@H](Nc4ncc(C#N)c(OC)n4)C3)ncc12. The molecule has 0 spiro atoms. The quantitative estimate of drug-likeness (QED) is 0.444. The normalized spacial score (nSPS) is 16.7. The molecule has 2 N–H and O–H groups in total. The average molecular weight is 528 g/mol. The molecule has 1 saturated heterocycles. The zero-order chi connectivity index (χ0) is 24.2. The molecule has 0 radical (unpaired) electrons. The van der Waals surface area contributed by atoms with Gasteiger partial charge in [0.15, 0.2) is 5.82 Å². The fourth-order valence-electron chi connectivity index (χ4n) is 3.94. The highest BCUT2D eigenvalue weighted by Gasteiger charge is 2.24. The van der Waals surface area contributed by atoms with Gasteiger partial charge in [-0.2, -0.15) is 15.3 Å². The third-order valence-electron chi connectivity index (χ3n) is 5.75. The molecule has 3 aromatic rings. The lowest BCUT2D eigenvalue weighted by molar-refractivity contribution is -0.115. The number of hydrogen-bond acceptors (Lipinski definition) is 9. The highest BCUT2D eigenvalue weighted by molar-refractivity contribution is 9.10. The molecule has 3 aromatic heterocycles. The molecule has 0 bridgehead atoms. The summed E-state index contributed by atoms with van der Waals surface area (Å²) in [4.78, 5) is 27.4. The molecule has 178 valence electrons. The van der Waals surface area contributed by atoms with E-state index in [0.717, 1.165) is 36.1 Å². The second kappa shape index (κ2) is 10.2. The maximum absolute atomic E-state index is 12.3. The third kappa shape index (κ3) is 4.89. The molecule has 1 unspecified atom stereocenters. The highest BCUT2D eigenvalue weighted by atomic mass is 79.9. The van der Waals surface area contributed by atoms with Crippen LogP contribution in [-0.2, 0) is 11.8 Å². The van der Waals surface area contributed by atoms with E-state index in [2.05, 4.69) is 51.5 Å². The molecule has 12 heteroatoms. The summed E-state index contributed by atoms with van der Waals surface area (Å²) in [6.45, 7) is 3.53. The predicted octanol–water partition coefficient (Wildman–Crippen LogP) is 2.83. The number of methoxy groups -OCH3 is 1. The number of rotatable bonds is 7. The summed E-state index contributed by atoms with van der Waals surface area (Å²) >= 11 is 3.37. The van der Waals surface area contributed by atoms with Crippen molar-refractivity contribution in [3.63, 3.8) is 0 Å². The molecule has 1 aliphatic heterocycles. The summed E-state index contributed by atoms with van der Waals surface area (Å²) in [7, 11) is 3.33. The van der Waals surface area contributed by atoms with Gasteiger partial charge in [0.25, 0.3) is 0 Å². The molecule has 1 amide bonds. The van der Waals surface area contributed by atoms with Gasteiger partial charge in [0.05, 0.1) is 29.0 Å². The summed E-state index contributed by atoms with van der Waals surface area (Å²) in [5.74, 6) is 1.90. The largest absolute Gasteiger partial charge is 0.480 e. The minimum Gasteiger partial charge on any atom is -0.480 e. The van der Waals surface area contributed by atoms with Crippen LogP contribution in [0.2, 0.25) is 0 Å². The maximum Gasteiger partial charge on any atom is 0.239 e. The molecule has 0 saturated carbocycles. The second-order valence-electron chi connectivity index (χ2n) is 8.05. The van der Waals surface area contributed by atoms with Gasteiger partial charge in [-0.3, -0.25) is 9.48 Å². The van der Waals surface area contributed by atoms with Crippen molar-refractivity contribution in [2.45, 2.75) is 37.1 Å². The first-order valence-electron chi connectivity index (χ1n) is 11.0. The van der Waals surface area contributed by atoms with Crippen molar-refractivity contribution < 1.29 is 9.53 Å². The number of alkyl halides is 1. The first kappa shape index (κ1) is 23.7. The van der Waals surface area contributed by atoms with Gasteiger partial charge >= 0.3 is 0 Å². The second-order valence-corrected chi connectivity index (χ2v) is 9.16. The number of aryl methyl sites for hydroxylation is 1. The van der Waals surface area contributed by atoms with Crippen LogP contribution in [0.1, 0.15) is 31.7 Å². The van der Waals surface area contributed by atoms with Gasteiger partial charge in [0.2, 0.25) is 17.7 Å². The number of carbonyl (C=O) groups is 1. The maximum atomic E-state index is 12.3. The topological polar surface area (TPSA) is 134 Å². The van der Waals surface area contributed by atoms with Crippen molar-refractivity contribution in [1.82, 2.24) is 24.7 Å². The average Bonchev–Trinajstić information content (AvgIpc) is 3.17. The molecule has 0 aromatic carbocycles. The lowest BCUT2D eigenvalue weighted by Gasteiger charge is -2.34. The zero-order valence-corrected chi connectivity index (χ0v) is 20.8. The molecule has 11 nitrogen and oxygen atoms in total. The van der Waals surface area contributed by atoms with Crippen LogP contribution in [0, 0.1) is 11.3 Å². The van der Waals surface area contributed by atoms with Gasteiger partial charge in [-0.25, -0.2) is 9.97 Å². The number of nitrogens with one attached hydrogen (secondary N) is 2. The first-order chi connectivity index (χ1) is 16.4. The van der Waals surface area contributed by atoms with Crippen LogP contribution < -0.4 is 20.3 Å². The molecule has 1 aliphatic rings. The van der Waals surface area contributed by atoms with E-state index in [1.54, 1.807) is 10.9 Å². The van der Waals surface area contributed by atoms with Crippen LogP contribution in [0.5, 0.6) is 5.88 Å². The number of ether oxygens (including phenoxy) is 1. The van der Waals surface area contributed by atoms with Crippen LogP contribution >= 0.6 is 15.9 Å². The number of fused-ring (bicyclic) bond motifs is 1. The summed E-state index contributed by atoms with van der Waals surface area (Å²) in [6.07, 6.45) is 5.83. The van der Waals surface area contributed by atoms with Crippen LogP contribution in [0.25, 0.3) is 10.9 Å². The van der Waals surface area contributed by atoms with Crippen molar-refractivity contribution in [2.75, 3.05) is 35.7 Å². The van der Waals surface area contributed by atoms with Gasteiger partial charge < -0.3 is 20.3 Å². The van der Waals surface area contributed by atoms with E-state index in [9.17, 15) is 4.79 Å². The van der Waals surface area contributed by atoms with E-state index >= 15 is 0 Å². The first-order valence-corrected chi connectivity index (χ1v) is 11.9. The Balaban J connectivity index is 1.50. The van der Waals surface area contributed by atoms with Crippen molar-refractivity contribution in [3.05, 3.63) is 24.0 Å². The Morgan fingerprint density at radius 1 is 1.41 bits per heavy atom. The molecule has 2 atom stereocenters. The molecule has 34 heavy (non-hydrogen) atoms. The number of amides is 1. The van der Waals surface area contributed by atoms with Gasteiger partial charge in [0, 0.05) is 38.4 Å². The molecule has 4 heterocycles. The van der Waals surface area contributed by atoms with Crippen molar-refractivity contribution in [3.8, 4) is 11.9 Å². The van der Waals surface area contributed by atoms with E-state index in [1.807, 2.05) is 26.1 Å². The van der Waals surface area contributed by atoms with E-state index in [-0.39, 0.29) is 22.7 Å². The Morgan fingerprint density at radius 3 is 2.97 bits per heavy atom. The number of hydrogen-bond donors (Lipinski definition) is 2. The monoisotopic (exact) mass is 527 g/mol. The fourth-order valence-corrected chi connectivity index (χ4v) is 4.06. The Morgan fingerprint density at radius 2 is 2.24 bits per heavy atom. The minimum atomic E-state index is -0.269. The van der Waals surface area contributed by atoms with Crippen molar-refractivity contribution in [1.29, 1.82) is 5.26 Å². The smallest absolute Gasteiger partial charge is 0.239 e. The van der Waals surface area contributed by atoms with Gasteiger partial charge in [-0.15, -0.1) is 0 Å². The Kier molecular flexibility index (Phi) is 7.12. The predicted molar refractivity (Wildman–Crippen MR) is 132 cm³/mol. The van der Waals surface area contributed by atoms with E-state index in [0.29, 0.717) is 30.3 Å². The Labute approximate surface area is 205 Å². The fraction of sp³-hybridized carbons (Fsp3) is 0.455. The highest BCUT2D eigenvalue weighted by Crippen LogP contribution is 2.28. The number of halogens is 1. The number of anilines is 3. The number of carbonyl (C=O) groups excluding carboxylic acids is 1. The Hall–Kier alpha value is -3.46. The zero-order valence-electron chi connectivity index (χ0n) is 19.2. The van der Waals surface area contributed by atoms with Crippen LogP contribution in [0.4, 0.5) is 17.6 Å². The van der Waals surface area contributed by atoms with Gasteiger partial charge in [0.1, 0.15) is 17.5 Å². The number of pyridine rings is 1. The van der Waals surface area contributed by atoms with Gasteiger partial charge in [-0.05, 0) is 19.3 Å². The van der Waals surface area contributed by atoms with Crippen molar-refractivity contribution in [2.24, 2.45) is 7.05 Å². The number of nitriles is 1. The van der Waals surface area contributed by atoms with Crippen LogP contribution in [0.15, 0.2) is 18.5 Å². The van der Waals surface area contributed by atoms with Crippen molar-refractivity contribution >= 4 is 50.3 Å². The number of aromatic nitrogens is 5. The molecule has 0 aliphatic carbocycles. The van der Waals surface area contributed by atoms with Crippen LogP contribution in [-0.4, -0.2) is 61.7 Å². The van der Waals surface area contributed by atoms with E-state index in [1.165, 1.54) is 13.3 Å². The third-order valence-corrected chi connectivity index (χ3v) is 6.82. The summed E-state index contributed by atoms with van der Waals surface area (Å²) in [5.41, 5.74) is 1.18. The molecule has 1 fully saturated rings. The summed E-state index contributed by atoms with van der Waals surface area (Å²) in [6, 6.07) is 4.12. The lowest BCUT2D eigenvalue weighted by Crippen LogP contribution is -2.42. The van der Waals surface area contributed by atoms with Crippen LogP contribution in [0.3, 0.4) is 0 Å². The minimum absolute atomic E-state index is 0.107. The van der Waals surface area contributed by atoms with E-state index in [4.69, 9.17) is 10.00 Å². The number of piperidine rings is 1. The molecule has 4 rings (SSSR count). The van der Waals surface area contributed by atoms with Gasteiger partial charge in [-0.1, -0.05) is 22.9 Å². The Bertz CT molecular complexity index is 1240. The standard InChI is InChI=1S/C22H26BrN9O2/c1-4-16(23)20(33)28-19-15-11-25-18(8-17(15)31(2)30-19)32-7-5-6-14(12-32)27-22-26-10-13(9-24)21(29-22)34-3/h8,10-11,14,16H,4-7,12H2,1-3H3,(H,26,27,29)(H,28,30,33)/t14-,16?/m1/s1. The molecular weight excluding hydrogens is 502 g/mol. The number of nitrogens with zero attached hydrogens (tertiary/aromatic N) is 7. The summed E-state index contributed by atoms with van der Waals surface area (Å²) in [5, 5.41) is 20.6. The van der Waals surface area contributed by atoms with E-state index < -0.39 is 0 Å².